The van der Waals surface area contributed by atoms with Gasteiger partial charge < -0.3 is 5.11 Å². The third-order valence-electron chi connectivity index (χ3n) is 4.32. The highest BCUT2D eigenvalue weighted by Gasteiger charge is 2.45. The van der Waals surface area contributed by atoms with Crippen molar-refractivity contribution in [1.82, 2.24) is 4.90 Å². The summed E-state index contributed by atoms with van der Waals surface area (Å²) in [6, 6.07) is 13.8. The summed E-state index contributed by atoms with van der Waals surface area (Å²) in [5.41, 5.74) is 2.64. The minimum Gasteiger partial charge on any atom is -0.386 e. The number of carbonyl (C=O) groups excluding carboxylic acids is 2. The van der Waals surface area contributed by atoms with Crippen LogP contribution in [0.25, 0.3) is 0 Å². The Balaban J connectivity index is 1.74. The maximum atomic E-state index is 12.5. The Labute approximate surface area is 121 Å². The second-order valence-electron chi connectivity index (χ2n) is 5.44. The molecule has 0 saturated heterocycles. The monoisotopic (exact) mass is 279 g/mol. The van der Waals surface area contributed by atoms with Gasteiger partial charge in [0.15, 0.2) is 0 Å². The molecule has 0 unspecified atom stereocenters. The molecule has 2 atom stereocenters. The minimum atomic E-state index is -0.816. The highest BCUT2D eigenvalue weighted by molar-refractivity contribution is 6.21. The zero-order valence-corrected chi connectivity index (χ0v) is 11.2. The van der Waals surface area contributed by atoms with Crippen LogP contribution in [0.4, 0.5) is 0 Å². The van der Waals surface area contributed by atoms with E-state index in [-0.39, 0.29) is 11.8 Å². The number of hydrogen-bond donors (Lipinski definition) is 1. The molecule has 4 rings (SSSR count). The van der Waals surface area contributed by atoms with Crippen LogP contribution in [-0.2, 0) is 6.42 Å². The van der Waals surface area contributed by atoms with E-state index >= 15 is 0 Å². The lowest BCUT2D eigenvalue weighted by Gasteiger charge is -2.25. The number of aliphatic hydroxyl groups excluding tert-OH is 1. The van der Waals surface area contributed by atoms with E-state index in [2.05, 4.69) is 0 Å². The third kappa shape index (κ3) is 1.59. The molecule has 0 saturated carbocycles. The van der Waals surface area contributed by atoms with Crippen molar-refractivity contribution in [2.75, 3.05) is 0 Å². The lowest BCUT2D eigenvalue weighted by molar-refractivity contribution is 0.0383. The van der Waals surface area contributed by atoms with Crippen LogP contribution in [0.2, 0.25) is 0 Å². The summed E-state index contributed by atoms with van der Waals surface area (Å²) < 4.78 is 0. The van der Waals surface area contributed by atoms with E-state index in [0.29, 0.717) is 17.5 Å². The maximum absolute atomic E-state index is 12.5. The summed E-state index contributed by atoms with van der Waals surface area (Å²) in [5, 5.41) is 10.5. The van der Waals surface area contributed by atoms with E-state index in [4.69, 9.17) is 0 Å². The Hall–Kier alpha value is -2.46. The van der Waals surface area contributed by atoms with Crippen LogP contribution < -0.4 is 0 Å². The van der Waals surface area contributed by atoms with E-state index in [9.17, 15) is 14.7 Å². The molecule has 2 aliphatic rings. The highest BCUT2D eigenvalue weighted by atomic mass is 16.3. The number of benzene rings is 2. The summed E-state index contributed by atoms with van der Waals surface area (Å²) in [5.74, 6) is -0.625. The number of hydrogen-bond acceptors (Lipinski definition) is 3. The van der Waals surface area contributed by atoms with Crippen molar-refractivity contribution < 1.29 is 14.7 Å². The fraction of sp³-hybridized carbons (Fsp3) is 0.176. The van der Waals surface area contributed by atoms with Gasteiger partial charge in [0.05, 0.1) is 17.2 Å². The van der Waals surface area contributed by atoms with Gasteiger partial charge in [-0.15, -0.1) is 0 Å². The van der Waals surface area contributed by atoms with Gasteiger partial charge in [-0.1, -0.05) is 36.4 Å². The van der Waals surface area contributed by atoms with Crippen molar-refractivity contribution >= 4 is 11.8 Å². The summed E-state index contributed by atoms with van der Waals surface area (Å²) in [6.45, 7) is 0. The zero-order valence-electron chi connectivity index (χ0n) is 11.2. The smallest absolute Gasteiger partial charge is 0.261 e. The van der Waals surface area contributed by atoms with E-state index in [1.54, 1.807) is 24.3 Å². The summed E-state index contributed by atoms with van der Waals surface area (Å²) >= 11 is 0. The molecule has 1 aliphatic heterocycles. The van der Waals surface area contributed by atoms with Crippen LogP contribution in [-0.4, -0.2) is 27.9 Å². The van der Waals surface area contributed by atoms with Crippen molar-refractivity contribution in [1.29, 1.82) is 0 Å². The summed E-state index contributed by atoms with van der Waals surface area (Å²) in [6.07, 6.45) is -0.313. The van der Waals surface area contributed by atoms with Crippen LogP contribution in [0.15, 0.2) is 48.5 Å². The van der Waals surface area contributed by atoms with Crippen molar-refractivity contribution in [3.05, 3.63) is 70.8 Å². The van der Waals surface area contributed by atoms with E-state index in [1.807, 2.05) is 24.3 Å². The standard InChI is InChI=1S/C17H13NO3/c19-15-11-6-2-1-5-10(11)9-14(15)18-16(20)12-7-3-4-8-13(12)17(18)21/h1-8,14-15,19H,9H2/t14-,15-/m1/s1. The number of fused-ring (bicyclic) bond motifs is 2. The molecule has 2 amide bonds. The summed E-state index contributed by atoms with van der Waals surface area (Å²) in [7, 11) is 0. The topological polar surface area (TPSA) is 57.6 Å². The van der Waals surface area contributed by atoms with Crippen LogP contribution in [0.3, 0.4) is 0 Å². The molecular weight excluding hydrogens is 266 g/mol. The van der Waals surface area contributed by atoms with Crippen molar-refractivity contribution in [3.8, 4) is 0 Å². The molecule has 2 aromatic rings. The SMILES string of the molecule is O=C1c2ccccc2C(=O)N1[C@@H]1Cc2ccccc2[C@H]1O. The Bertz CT molecular complexity index is 733. The highest BCUT2D eigenvalue weighted by Crippen LogP contribution is 2.37. The van der Waals surface area contributed by atoms with Gasteiger partial charge in [-0.25, -0.2) is 0 Å². The van der Waals surface area contributed by atoms with Gasteiger partial charge >= 0.3 is 0 Å². The second kappa shape index (κ2) is 4.27. The molecule has 0 spiro atoms. The van der Waals surface area contributed by atoms with Crippen LogP contribution in [0.1, 0.15) is 37.9 Å². The lowest BCUT2D eigenvalue weighted by atomic mass is 10.1. The first-order valence-electron chi connectivity index (χ1n) is 6.91. The van der Waals surface area contributed by atoms with Gasteiger partial charge in [-0.3, -0.25) is 14.5 Å². The molecule has 1 heterocycles. The molecule has 104 valence electrons. The predicted molar refractivity (Wildman–Crippen MR) is 75.8 cm³/mol. The fourth-order valence-corrected chi connectivity index (χ4v) is 3.29. The van der Waals surface area contributed by atoms with Crippen molar-refractivity contribution in [2.24, 2.45) is 0 Å². The number of rotatable bonds is 1. The van der Waals surface area contributed by atoms with Gasteiger partial charge in [0.1, 0.15) is 6.10 Å². The Morgan fingerprint density at radius 1 is 0.905 bits per heavy atom. The molecule has 4 heteroatoms. The lowest BCUT2D eigenvalue weighted by Crippen LogP contribution is -2.42. The fourth-order valence-electron chi connectivity index (χ4n) is 3.29. The molecule has 4 nitrogen and oxygen atoms in total. The number of amides is 2. The Morgan fingerprint density at radius 3 is 2.10 bits per heavy atom. The maximum Gasteiger partial charge on any atom is 0.261 e. The van der Waals surface area contributed by atoms with Gasteiger partial charge in [0.25, 0.3) is 11.8 Å². The van der Waals surface area contributed by atoms with Gasteiger partial charge in [-0.2, -0.15) is 0 Å². The Kier molecular flexibility index (Phi) is 2.50. The van der Waals surface area contributed by atoms with Crippen LogP contribution in [0.5, 0.6) is 0 Å². The van der Waals surface area contributed by atoms with Gasteiger partial charge in [-0.05, 0) is 29.7 Å². The van der Waals surface area contributed by atoms with E-state index in [1.165, 1.54) is 4.90 Å². The molecule has 0 radical (unpaired) electrons. The molecular formula is C17H13NO3. The molecule has 0 aromatic heterocycles. The normalized spacial score (nSPS) is 23.4. The summed E-state index contributed by atoms with van der Waals surface area (Å²) in [4.78, 5) is 26.2. The van der Waals surface area contributed by atoms with Gasteiger partial charge in [0.2, 0.25) is 0 Å². The minimum absolute atomic E-state index is 0.313. The second-order valence-corrected chi connectivity index (χ2v) is 5.44. The molecule has 2 aromatic carbocycles. The molecule has 1 N–H and O–H groups in total. The predicted octanol–water partition coefficient (Wildman–Crippen LogP) is 1.94. The molecule has 0 bridgehead atoms. The number of imide groups is 1. The zero-order chi connectivity index (χ0) is 14.6. The van der Waals surface area contributed by atoms with E-state index in [0.717, 1.165) is 11.1 Å². The average Bonchev–Trinajstić information content (AvgIpc) is 2.96. The first-order chi connectivity index (χ1) is 10.2. The number of nitrogens with zero attached hydrogens (tertiary/aromatic N) is 1. The number of aliphatic hydroxyl groups is 1. The largest absolute Gasteiger partial charge is 0.386 e. The van der Waals surface area contributed by atoms with Crippen molar-refractivity contribution in [3.63, 3.8) is 0 Å². The molecule has 1 aliphatic carbocycles. The van der Waals surface area contributed by atoms with Crippen LogP contribution in [0, 0.1) is 0 Å². The molecule has 0 fully saturated rings. The number of carbonyl (C=O) groups is 2. The quantitative estimate of drug-likeness (QED) is 0.812. The average molecular weight is 279 g/mol. The first kappa shape index (κ1) is 12.3. The Morgan fingerprint density at radius 2 is 1.48 bits per heavy atom. The van der Waals surface area contributed by atoms with E-state index < -0.39 is 12.1 Å². The third-order valence-corrected chi connectivity index (χ3v) is 4.32. The molecule has 21 heavy (non-hydrogen) atoms. The van der Waals surface area contributed by atoms with Crippen molar-refractivity contribution in [2.45, 2.75) is 18.6 Å². The van der Waals surface area contributed by atoms with Crippen LogP contribution >= 0.6 is 0 Å². The van der Waals surface area contributed by atoms with Gasteiger partial charge in [0, 0.05) is 0 Å². The first-order valence-corrected chi connectivity index (χ1v) is 6.91.